The summed E-state index contributed by atoms with van der Waals surface area (Å²) in [5.74, 6) is -3.03. The standard InChI is InChI=1S/C49H32N2O5/c1-26-41(45-39(52)24-37-43(48(45)55)31-18-6-8-20-35(31)50(37)33-22-10-14-27-12-2-4-16-29(27)33)47(54)42(26)46-40(53)25-38-44(49(46)56)32-19-7-9-21-36(32)51(38)34-23-11-15-28-13-3-5-17-30(28)34/h2-25,41,45H,1H3,(H3,52,53,55,56)/p+1. The highest BCUT2D eigenvalue weighted by Gasteiger charge is 2.52. The Morgan fingerprint density at radius 3 is 2.02 bits per heavy atom. The van der Waals surface area contributed by atoms with Crippen molar-refractivity contribution < 1.29 is 25.2 Å². The van der Waals surface area contributed by atoms with Gasteiger partial charge in [-0.3, -0.25) is 4.79 Å². The van der Waals surface area contributed by atoms with Crippen molar-refractivity contribution in [3.8, 4) is 17.2 Å². The fourth-order valence-corrected chi connectivity index (χ4v) is 9.53. The molecule has 7 aromatic carbocycles. The maximum atomic E-state index is 14.4. The van der Waals surface area contributed by atoms with Gasteiger partial charge in [-0.15, -0.1) is 0 Å². The largest absolute Gasteiger partial charge is 0.511 e. The van der Waals surface area contributed by atoms with Gasteiger partial charge < -0.3 is 25.0 Å². The number of aromatic nitrogens is 1. The number of ketones is 1. The van der Waals surface area contributed by atoms with Crippen molar-refractivity contribution in [3.05, 3.63) is 174 Å². The number of rotatable bonds is 4. The average Bonchev–Trinajstić information content (AvgIpc) is 3.72. The second-order valence-electron chi connectivity index (χ2n) is 14.8. The summed E-state index contributed by atoms with van der Waals surface area (Å²) in [4.78, 5) is 14.4. The van der Waals surface area contributed by atoms with Crippen LogP contribution >= 0.6 is 0 Å². The summed E-state index contributed by atoms with van der Waals surface area (Å²) < 4.78 is 4.08. The Morgan fingerprint density at radius 1 is 0.607 bits per heavy atom. The van der Waals surface area contributed by atoms with Crippen molar-refractivity contribution in [2.45, 2.75) is 6.92 Å². The summed E-state index contributed by atoms with van der Waals surface area (Å²) in [6.45, 7) is 1.76. The van der Waals surface area contributed by atoms with Crippen LogP contribution in [-0.4, -0.2) is 36.5 Å². The fourth-order valence-electron chi connectivity index (χ4n) is 9.53. The number of carbonyl (C=O) groups excluding carboxylic acids is 1. The minimum atomic E-state index is -1.05. The lowest BCUT2D eigenvalue weighted by atomic mass is 9.65. The number of phenols is 2. The lowest BCUT2D eigenvalue weighted by molar-refractivity contribution is -0.119. The van der Waals surface area contributed by atoms with E-state index < -0.39 is 11.8 Å². The summed E-state index contributed by atoms with van der Waals surface area (Å²) in [5, 5.41) is 53.2. The molecule has 268 valence electrons. The van der Waals surface area contributed by atoms with Gasteiger partial charge in [0, 0.05) is 40.6 Å². The van der Waals surface area contributed by atoms with Crippen LogP contribution in [0.3, 0.4) is 0 Å². The first-order valence-corrected chi connectivity index (χ1v) is 18.6. The summed E-state index contributed by atoms with van der Waals surface area (Å²) in [7, 11) is 0. The normalized spacial score (nSPS) is 17.9. The Kier molecular flexibility index (Phi) is 6.62. The zero-order valence-electron chi connectivity index (χ0n) is 30.1. The Balaban J connectivity index is 1.07. The van der Waals surface area contributed by atoms with E-state index in [4.69, 9.17) is 0 Å². The molecule has 11 rings (SSSR count). The average molecular weight is 730 g/mol. The van der Waals surface area contributed by atoms with Gasteiger partial charge in [-0.05, 0) is 47.5 Å². The molecule has 56 heavy (non-hydrogen) atoms. The van der Waals surface area contributed by atoms with Crippen LogP contribution in [-0.2, 0) is 4.79 Å². The quantitative estimate of drug-likeness (QED) is 0.135. The molecule has 1 aliphatic heterocycles. The zero-order valence-corrected chi connectivity index (χ0v) is 30.1. The smallest absolute Gasteiger partial charge is 0.226 e. The maximum absolute atomic E-state index is 14.4. The third kappa shape index (κ3) is 4.17. The molecule has 0 amide bonds. The predicted octanol–water partition coefficient (Wildman–Crippen LogP) is 10.8. The van der Waals surface area contributed by atoms with Crippen molar-refractivity contribution in [1.29, 1.82) is 0 Å². The van der Waals surface area contributed by atoms with Crippen LogP contribution in [0.25, 0.3) is 60.2 Å². The third-order valence-corrected chi connectivity index (χ3v) is 12.0. The van der Waals surface area contributed by atoms with Crippen LogP contribution in [0.5, 0.6) is 11.5 Å². The topological polar surface area (TPSA) is 106 Å². The van der Waals surface area contributed by atoms with Gasteiger partial charge in [-0.2, -0.15) is 4.58 Å². The van der Waals surface area contributed by atoms with Gasteiger partial charge in [0.05, 0.1) is 56.0 Å². The molecule has 1 aromatic heterocycles. The number of hydrogen-bond donors (Lipinski definition) is 4. The van der Waals surface area contributed by atoms with Crippen molar-refractivity contribution in [3.63, 3.8) is 0 Å². The Bertz CT molecular complexity index is 3220. The fraction of sp³-hybridized carbons (Fsp3) is 0.0612. The molecule has 3 aliphatic rings. The molecule has 2 heterocycles. The number of Topliss-reactive ketones (excluding diaryl/α,β-unsaturated/α-hetero) is 1. The van der Waals surface area contributed by atoms with E-state index in [9.17, 15) is 25.2 Å². The lowest BCUT2D eigenvalue weighted by Gasteiger charge is -2.37. The Labute approximate surface area is 320 Å². The molecular weight excluding hydrogens is 697 g/mol. The number of carbonyl (C=O) groups is 1. The van der Waals surface area contributed by atoms with E-state index in [0.29, 0.717) is 27.8 Å². The van der Waals surface area contributed by atoms with Gasteiger partial charge in [0.1, 0.15) is 23.0 Å². The number of benzene rings is 7. The summed E-state index contributed by atoms with van der Waals surface area (Å²) in [6, 6.07) is 45.4. The number of hydrogen-bond acceptors (Lipinski definition) is 5. The van der Waals surface area contributed by atoms with E-state index in [1.165, 1.54) is 0 Å². The predicted molar refractivity (Wildman–Crippen MR) is 223 cm³/mol. The Morgan fingerprint density at radius 2 is 1.23 bits per heavy atom. The van der Waals surface area contributed by atoms with Crippen LogP contribution in [0.2, 0.25) is 0 Å². The molecular formula is C49H33N2O5+. The molecule has 0 spiro atoms. The van der Waals surface area contributed by atoms with Gasteiger partial charge >= 0.3 is 0 Å². The zero-order chi connectivity index (χ0) is 38.0. The second-order valence-corrected chi connectivity index (χ2v) is 14.8. The molecule has 7 nitrogen and oxygen atoms in total. The Hall–Kier alpha value is -7.38. The molecule has 0 fully saturated rings. The van der Waals surface area contributed by atoms with Crippen LogP contribution in [0.1, 0.15) is 18.1 Å². The lowest BCUT2D eigenvalue weighted by Crippen LogP contribution is -2.39. The number of para-hydroxylation sites is 2. The van der Waals surface area contributed by atoms with E-state index in [2.05, 4.69) is 18.2 Å². The van der Waals surface area contributed by atoms with Crippen molar-refractivity contribution in [2.24, 2.45) is 11.8 Å². The van der Waals surface area contributed by atoms with Gasteiger partial charge in [0.2, 0.25) is 17.1 Å². The van der Waals surface area contributed by atoms with Crippen molar-refractivity contribution in [2.75, 3.05) is 0 Å². The highest BCUT2D eigenvalue weighted by molar-refractivity contribution is 6.37. The van der Waals surface area contributed by atoms with E-state index in [1.54, 1.807) is 19.1 Å². The minimum Gasteiger partial charge on any atom is -0.511 e. The molecule has 7 heteroatoms. The number of nitrogens with zero attached hydrogens (tertiary/aromatic N) is 2. The molecule has 4 N–H and O–H groups in total. The van der Waals surface area contributed by atoms with Gasteiger partial charge in [0.15, 0.2) is 5.78 Å². The highest BCUT2D eigenvalue weighted by Crippen LogP contribution is 2.55. The monoisotopic (exact) mass is 729 g/mol. The molecule has 2 aliphatic carbocycles. The van der Waals surface area contributed by atoms with Crippen LogP contribution in [0.15, 0.2) is 163 Å². The van der Waals surface area contributed by atoms with Gasteiger partial charge in [-0.1, -0.05) is 97.1 Å². The number of aromatic hydroxyl groups is 2. The first kappa shape index (κ1) is 32.1. The highest BCUT2D eigenvalue weighted by atomic mass is 16.3. The van der Waals surface area contributed by atoms with Crippen LogP contribution < -0.4 is 4.58 Å². The molecule has 2 unspecified atom stereocenters. The minimum absolute atomic E-state index is 0.0455. The number of allylic oxidation sites excluding steroid dienone is 4. The number of phenolic OH excluding ortho intramolecular Hbond substituents is 2. The van der Waals surface area contributed by atoms with Crippen LogP contribution in [0.4, 0.5) is 11.4 Å². The summed E-state index contributed by atoms with van der Waals surface area (Å²) >= 11 is 0. The third-order valence-electron chi connectivity index (χ3n) is 12.0. The molecule has 0 saturated heterocycles. The van der Waals surface area contributed by atoms with Crippen LogP contribution in [0, 0.1) is 11.8 Å². The second kappa shape index (κ2) is 11.6. The number of fused-ring (bicyclic) bond motifs is 8. The number of aliphatic hydroxyl groups excluding tert-OH is 2. The molecule has 0 radical (unpaired) electrons. The number of aliphatic hydroxyl groups is 2. The molecule has 8 aromatic rings. The molecule has 0 saturated carbocycles. The van der Waals surface area contributed by atoms with E-state index in [-0.39, 0.29) is 39.9 Å². The van der Waals surface area contributed by atoms with E-state index >= 15 is 0 Å². The van der Waals surface area contributed by atoms with E-state index in [1.807, 2.05) is 124 Å². The van der Waals surface area contributed by atoms with Gasteiger partial charge in [0.25, 0.3) is 0 Å². The first-order valence-electron chi connectivity index (χ1n) is 18.6. The first-order chi connectivity index (χ1) is 27.3. The SMILES string of the molecule is CC1=C(c2c(O)cc3c(c2O)c2ccccc2n3-c2cccc3ccccc23)C(=O)C1C1C(O)=CC2=[N+](c3cccc4ccccc34)c3ccccc3C2=C1O. The van der Waals surface area contributed by atoms with Crippen molar-refractivity contribution in [1.82, 2.24) is 9.14 Å². The molecule has 2 atom stereocenters. The van der Waals surface area contributed by atoms with E-state index in [0.717, 1.165) is 55.1 Å². The summed E-state index contributed by atoms with van der Waals surface area (Å²) in [5.41, 5.74) is 6.81. The summed E-state index contributed by atoms with van der Waals surface area (Å²) in [6.07, 6.45) is 1.66. The maximum Gasteiger partial charge on any atom is 0.226 e. The van der Waals surface area contributed by atoms with Crippen molar-refractivity contribution >= 4 is 77.4 Å². The van der Waals surface area contributed by atoms with Gasteiger partial charge in [-0.25, -0.2) is 0 Å². The molecule has 0 bridgehead atoms.